The van der Waals surface area contributed by atoms with Crippen LogP contribution in [-0.4, -0.2) is 59.7 Å². The average molecular weight is 492 g/mol. The summed E-state index contributed by atoms with van der Waals surface area (Å²) in [5.41, 5.74) is 6.09. The number of fused-ring (bicyclic) bond motifs is 1. The summed E-state index contributed by atoms with van der Waals surface area (Å²) in [5.74, 6) is 0.664. The summed E-state index contributed by atoms with van der Waals surface area (Å²) < 4.78 is 22.7. The summed E-state index contributed by atoms with van der Waals surface area (Å²) in [6.07, 6.45) is 8.66. The van der Waals surface area contributed by atoms with E-state index in [1.54, 1.807) is 11.0 Å². The largest absolute Gasteiger partial charge is 0.378 e. The van der Waals surface area contributed by atoms with Crippen molar-refractivity contribution in [1.82, 2.24) is 14.3 Å². The van der Waals surface area contributed by atoms with Crippen LogP contribution in [0.4, 0.5) is 20.6 Å². The highest BCUT2D eigenvalue weighted by atomic mass is 19.1. The van der Waals surface area contributed by atoms with Crippen LogP contribution >= 0.6 is 0 Å². The van der Waals surface area contributed by atoms with Gasteiger partial charge in [-0.3, -0.25) is 0 Å². The Kier molecular flexibility index (Phi) is 6.07. The second-order valence-electron chi connectivity index (χ2n) is 10.5. The smallest absolute Gasteiger partial charge is 0.321 e. The third-order valence-electron chi connectivity index (χ3n) is 7.91. The zero-order valence-electron chi connectivity index (χ0n) is 21.1. The molecule has 0 radical (unpaired) electrons. The molecule has 1 aromatic carbocycles. The van der Waals surface area contributed by atoms with E-state index in [0.29, 0.717) is 31.6 Å². The van der Waals surface area contributed by atoms with Crippen molar-refractivity contribution in [3.05, 3.63) is 47.7 Å². The lowest BCUT2D eigenvalue weighted by molar-refractivity contribution is 0.123. The van der Waals surface area contributed by atoms with Gasteiger partial charge in [-0.1, -0.05) is 13.3 Å². The maximum atomic E-state index is 15.0. The number of carbonyl (C=O) groups excluding carboxylic acids is 1. The molecule has 6 rings (SSSR count). The first-order chi connectivity index (χ1) is 17.5. The van der Waals surface area contributed by atoms with Gasteiger partial charge in [0, 0.05) is 50.1 Å². The second kappa shape index (κ2) is 9.39. The average Bonchev–Trinajstić information content (AvgIpc) is 3.46. The Balaban J connectivity index is 1.37. The quantitative estimate of drug-likeness (QED) is 0.517. The number of imidazole rings is 1. The van der Waals surface area contributed by atoms with Crippen molar-refractivity contribution in [3.63, 3.8) is 0 Å². The van der Waals surface area contributed by atoms with Gasteiger partial charge < -0.3 is 24.3 Å². The lowest BCUT2D eigenvalue weighted by atomic mass is 10.00. The normalized spacial score (nSPS) is 20.4. The molecule has 4 heterocycles. The molecular formula is C28H34FN5O2. The van der Waals surface area contributed by atoms with Gasteiger partial charge in [-0.2, -0.15) is 0 Å². The van der Waals surface area contributed by atoms with Crippen molar-refractivity contribution < 1.29 is 13.9 Å². The number of pyridine rings is 1. The van der Waals surface area contributed by atoms with Crippen LogP contribution in [0.3, 0.4) is 0 Å². The standard InChI is InChI=1S/C28H34FN5O2/c1-3-19-6-7-33(15-19)28(35)31-24-14-22(18(2)12-23(24)29)21-13-26(32-8-10-36-11-9-32)27-30-25(20-4-5-20)17-34(27)16-21/h12-14,16-17,19-20H,3-11,15H2,1-2H3,(H,31,35)/t19-/m1/s1. The maximum Gasteiger partial charge on any atom is 0.321 e. The number of ether oxygens (including phenoxy) is 1. The number of likely N-dealkylation sites (tertiary alicyclic amines) is 1. The monoisotopic (exact) mass is 491 g/mol. The predicted octanol–water partition coefficient (Wildman–Crippen LogP) is 5.43. The summed E-state index contributed by atoms with van der Waals surface area (Å²) in [7, 11) is 0. The van der Waals surface area contributed by atoms with Gasteiger partial charge >= 0.3 is 6.03 Å². The van der Waals surface area contributed by atoms with Gasteiger partial charge in [0.25, 0.3) is 0 Å². The highest BCUT2D eigenvalue weighted by Gasteiger charge is 2.28. The van der Waals surface area contributed by atoms with Crippen LogP contribution in [0.1, 0.15) is 49.8 Å². The predicted molar refractivity (Wildman–Crippen MR) is 139 cm³/mol. The summed E-state index contributed by atoms with van der Waals surface area (Å²) in [6, 6.07) is 5.22. The molecule has 0 bridgehead atoms. The fourth-order valence-electron chi connectivity index (χ4n) is 5.48. The maximum absolute atomic E-state index is 15.0. The number of benzene rings is 1. The molecule has 1 atom stereocenters. The number of aromatic nitrogens is 2. The molecule has 36 heavy (non-hydrogen) atoms. The summed E-state index contributed by atoms with van der Waals surface area (Å²) >= 11 is 0. The van der Waals surface area contributed by atoms with E-state index in [2.05, 4.69) is 40.0 Å². The lowest BCUT2D eigenvalue weighted by Gasteiger charge is -2.29. The van der Waals surface area contributed by atoms with E-state index in [0.717, 1.165) is 66.2 Å². The van der Waals surface area contributed by atoms with Crippen LogP contribution in [-0.2, 0) is 4.74 Å². The number of amides is 2. The lowest BCUT2D eigenvalue weighted by Crippen LogP contribution is -2.36. The molecule has 3 aliphatic rings. The first-order valence-corrected chi connectivity index (χ1v) is 13.2. The Morgan fingerprint density at radius 1 is 1.14 bits per heavy atom. The molecule has 2 aromatic heterocycles. The number of urea groups is 1. The number of morpholine rings is 1. The number of halogens is 1. The minimum atomic E-state index is -0.413. The van der Waals surface area contributed by atoms with Crippen LogP contribution in [0.5, 0.6) is 0 Å². The van der Waals surface area contributed by atoms with Gasteiger partial charge in [0.1, 0.15) is 5.82 Å². The minimum Gasteiger partial charge on any atom is -0.378 e. The Labute approximate surface area is 211 Å². The molecule has 0 spiro atoms. The fraction of sp³-hybridized carbons (Fsp3) is 0.500. The Hall–Kier alpha value is -3.13. The fourth-order valence-corrected chi connectivity index (χ4v) is 5.48. The van der Waals surface area contributed by atoms with E-state index in [9.17, 15) is 9.18 Å². The molecule has 2 aliphatic heterocycles. The summed E-state index contributed by atoms with van der Waals surface area (Å²) in [5, 5.41) is 2.84. The third kappa shape index (κ3) is 4.43. The van der Waals surface area contributed by atoms with Crippen LogP contribution in [0.2, 0.25) is 0 Å². The number of rotatable bonds is 5. The van der Waals surface area contributed by atoms with Crippen molar-refractivity contribution in [2.75, 3.05) is 49.6 Å². The van der Waals surface area contributed by atoms with Crippen LogP contribution in [0.15, 0.2) is 30.6 Å². The molecule has 3 fully saturated rings. The molecular weight excluding hydrogens is 457 g/mol. The zero-order valence-corrected chi connectivity index (χ0v) is 21.1. The first kappa shape index (κ1) is 23.3. The number of nitrogens with zero attached hydrogens (tertiary/aromatic N) is 4. The van der Waals surface area contributed by atoms with E-state index >= 15 is 0 Å². The highest BCUT2D eigenvalue weighted by Crippen LogP contribution is 2.41. The molecule has 8 heteroatoms. The van der Waals surface area contributed by atoms with Crippen LogP contribution in [0.25, 0.3) is 16.8 Å². The van der Waals surface area contributed by atoms with Gasteiger partial charge in [-0.25, -0.2) is 14.2 Å². The Morgan fingerprint density at radius 2 is 1.94 bits per heavy atom. The topological polar surface area (TPSA) is 62.1 Å². The SMILES string of the molecule is CC[C@@H]1CCN(C(=O)Nc2cc(-c3cc(N4CCOCC4)c4nc(C5CC5)cn4c3)c(C)cc2F)C1. The van der Waals surface area contributed by atoms with Gasteiger partial charge in [-0.05, 0) is 61.4 Å². The van der Waals surface area contributed by atoms with Gasteiger partial charge in [0.2, 0.25) is 0 Å². The van der Waals surface area contributed by atoms with E-state index in [-0.39, 0.29) is 11.7 Å². The van der Waals surface area contributed by atoms with E-state index in [1.807, 2.05) is 6.92 Å². The Morgan fingerprint density at radius 3 is 2.67 bits per heavy atom. The number of carbonyl (C=O) groups is 1. The molecule has 2 saturated heterocycles. The molecule has 1 N–H and O–H groups in total. The minimum absolute atomic E-state index is 0.220. The molecule has 2 amide bonds. The first-order valence-electron chi connectivity index (χ1n) is 13.2. The van der Waals surface area contributed by atoms with Gasteiger partial charge in [0.15, 0.2) is 5.65 Å². The second-order valence-corrected chi connectivity index (χ2v) is 10.5. The molecule has 3 aromatic rings. The number of hydrogen-bond donors (Lipinski definition) is 1. The van der Waals surface area contributed by atoms with Gasteiger partial charge in [0.05, 0.1) is 30.3 Å². The molecule has 7 nitrogen and oxygen atoms in total. The van der Waals surface area contributed by atoms with Crippen molar-refractivity contribution in [3.8, 4) is 11.1 Å². The zero-order chi connectivity index (χ0) is 24.8. The van der Waals surface area contributed by atoms with Gasteiger partial charge in [-0.15, -0.1) is 0 Å². The van der Waals surface area contributed by atoms with E-state index in [1.165, 1.54) is 18.9 Å². The van der Waals surface area contributed by atoms with Crippen LogP contribution in [0, 0.1) is 18.7 Å². The molecule has 0 unspecified atom stereocenters. The van der Waals surface area contributed by atoms with Crippen molar-refractivity contribution in [2.24, 2.45) is 5.92 Å². The number of anilines is 2. The van der Waals surface area contributed by atoms with Crippen molar-refractivity contribution >= 4 is 23.1 Å². The third-order valence-corrected chi connectivity index (χ3v) is 7.91. The van der Waals surface area contributed by atoms with E-state index in [4.69, 9.17) is 9.72 Å². The summed E-state index contributed by atoms with van der Waals surface area (Å²) in [4.78, 5) is 22.0. The number of aryl methyl sites for hydroxylation is 1. The number of nitrogens with one attached hydrogen (secondary N) is 1. The Bertz CT molecular complexity index is 1290. The van der Waals surface area contributed by atoms with E-state index < -0.39 is 5.82 Å². The molecule has 1 aliphatic carbocycles. The molecule has 190 valence electrons. The van der Waals surface area contributed by atoms with Crippen molar-refractivity contribution in [1.29, 1.82) is 0 Å². The summed E-state index contributed by atoms with van der Waals surface area (Å²) in [6.45, 7) is 8.50. The van der Waals surface area contributed by atoms with Crippen molar-refractivity contribution in [2.45, 2.75) is 45.4 Å². The molecule has 1 saturated carbocycles. The highest BCUT2D eigenvalue weighted by molar-refractivity contribution is 5.91. The van der Waals surface area contributed by atoms with Crippen LogP contribution < -0.4 is 10.2 Å². The number of hydrogen-bond acceptors (Lipinski definition) is 4.